The van der Waals surface area contributed by atoms with Gasteiger partial charge in [0.05, 0.1) is 16.4 Å². The lowest BCUT2D eigenvalue weighted by molar-refractivity contribution is -0.383. The van der Waals surface area contributed by atoms with Gasteiger partial charge in [-0.1, -0.05) is 0 Å². The molecule has 1 aromatic carbocycles. The summed E-state index contributed by atoms with van der Waals surface area (Å²) in [7, 11) is -3.95. The molecule has 0 heterocycles. The molecule has 1 saturated carbocycles. The maximum absolute atomic E-state index is 12.0. The van der Waals surface area contributed by atoms with E-state index < -0.39 is 27.4 Å². The van der Waals surface area contributed by atoms with Crippen LogP contribution in [0.3, 0.4) is 0 Å². The number of nitrogens with two attached hydrogens (primary N) is 1. The Labute approximate surface area is 120 Å². The minimum absolute atomic E-state index is 0.136. The van der Waals surface area contributed by atoms with Gasteiger partial charge < -0.3 is 11.1 Å². The predicted octanol–water partition coefficient (Wildman–Crippen LogP) is -0.266. The standard InChI is InChI=1S/C11H14N4O5S/c12-9-5-8(3-4-10(9)15(17)18)21(19,20)13-6-11(16)14-7-1-2-7/h3-5,7,13H,1-2,6,12H2,(H,14,16). The van der Waals surface area contributed by atoms with Crippen LogP contribution in [0.5, 0.6) is 0 Å². The van der Waals surface area contributed by atoms with Gasteiger partial charge in [0.1, 0.15) is 5.69 Å². The Balaban J connectivity index is 2.06. The lowest BCUT2D eigenvalue weighted by Gasteiger charge is -2.08. The van der Waals surface area contributed by atoms with Gasteiger partial charge in [0.15, 0.2) is 0 Å². The first kappa shape index (κ1) is 15.2. The number of sulfonamides is 1. The van der Waals surface area contributed by atoms with Crippen molar-refractivity contribution in [3.05, 3.63) is 28.3 Å². The third kappa shape index (κ3) is 3.89. The van der Waals surface area contributed by atoms with Gasteiger partial charge in [0.25, 0.3) is 5.69 Å². The number of anilines is 1. The molecule has 1 aliphatic rings. The van der Waals surface area contributed by atoms with Gasteiger partial charge in [-0.2, -0.15) is 0 Å². The molecule has 0 radical (unpaired) electrons. The SMILES string of the molecule is Nc1cc(S(=O)(=O)NCC(=O)NC2CC2)ccc1[N+](=O)[O-]. The third-order valence-electron chi connectivity index (χ3n) is 2.87. The lowest BCUT2D eigenvalue weighted by Crippen LogP contribution is -2.37. The summed E-state index contributed by atoms with van der Waals surface area (Å²) < 4.78 is 26.0. The van der Waals surface area contributed by atoms with E-state index in [2.05, 4.69) is 10.0 Å². The van der Waals surface area contributed by atoms with Crippen molar-refractivity contribution in [2.24, 2.45) is 0 Å². The van der Waals surface area contributed by atoms with E-state index >= 15 is 0 Å². The second kappa shape index (κ2) is 5.66. The summed E-state index contributed by atoms with van der Waals surface area (Å²) in [5.74, 6) is -0.420. The molecule has 0 aromatic heterocycles. The Kier molecular flexibility index (Phi) is 4.09. The zero-order valence-electron chi connectivity index (χ0n) is 10.9. The van der Waals surface area contributed by atoms with Crippen LogP contribution in [0.2, 0.25) is 0 Å². The monoisotopic (exact) mass is 314 g/mol. The summed E-state index contributed by atoms with van der Waals surface area (Å²) >= 11 is 0. The molecule has 9 nitrogen and oxygen atoms in total. The normalized spacial score (nSPS) is 14.7. The zero-order valence-corrected chi connectivity index (χ0v) is 11.7. The molecule has 0 atom stereocenters. The highest BCUT2D eigenvalue weighted by Gasteiger charge is 2.24. The van der Waals surface area contributed by atoms with Crippen LogP contribution in [-0.2, 0) is 14.8 Å². The van der Waals surface area contributed by atoms with Gasteiger partial charge in [0, 0.05) is 12.1 Å². The minimum Gasteiger partial charge on any atom is -0.393 e. The van der Waals surface area contributed by atoms with E-state index in [1.807, 2.05) is 0 Å². The van der Waals surface area contributed by atoms with E-state index in [0.29, 0.717) is 0 Å². The number of nitrogens with one attached hydrogen (secondary N) is 2. The summed E-state index contributed by atoms with van der Waals surface area (Å²) in [4.78, 5) is 21.1. The second-order valence-electron chi connectivity index (χ2n) is 4.64. The molecule has 0 unspecified atom stereocenters. The van der Waals surface area contributed by atoms with Crippen molar-refractivity contribution < 1.29 is 18.1 Å². The van der Waals surface area contributed by atoms with E-state index in [-0.39, 0.29) is 22.3 Å². The van der Waals surface area contributed by atoms with Crippen molar-refractivity contribution in [1.82, 2.24) is 10.0 Å². The van der Waals surface area contributed by atoms with Gasteiger partial charge in [-0.25, -0.2) is 13.1 Å². The molecule has 114 valence electrons. The highest BCUT2D eigenvalue weighted by Crippen LogP contribution is 2.24. The smallest absolute Gasteiger partial charge is 0.292 e. The fourth-order valence-corrected chi connectivity index (χ4v) is 2.63. The van der Waals surface area contributed by atoms with E-state index in [1.165, 1.54) is 0 Å². The number of rotatable bonds is 6. The number of carbonyl (C=O) groups excluding carboxylic acids is 1. The average molecular weight is 314 g/mol. The molecule has 10 heteroatoms. The van der Waals surface area contributed by atoms with Gasteiger partial charge in [-0.3, -0.25) is 14.9 Å². The number of nitrogen functional groups attached to an aromatic ring is 1. The molecule has 0 saturated heterocycles. The first-order valence-corrected chi connectivity index (χ1v) is 7.61. The van der Waals surface area contributed by atoms with Crippen LogP contribution in [0.1, 0.15) is 12.8 Å². The van der Waals surface area contributed by atoms with Crippen LogP contribution in [0.15, 0.2) is 23.1 Å². The predicted molar refractivity (Wildman–Crippen MR) is 73.9 cm³/mol. The molecule has 1 fully saturated rings. The minimum atomic E-state index is -3.95. The fourth-order valence-electron chi connectivity index (χ4n) is 1.62. The Morgan fingerprint density at radius 2 is 2.10 bits per heavy atom. The third-order valence-corrected chi connectivity index (χ3v) is 4.27. The number of nitro groups is 1. The largest absolute Gasteiger partial charge is 0.393 e. The van der Waals surface area contributed by atoms with Crippen LogP contribution < -0.4 is 15.8 Å². The van der Waals surface area contributed by atoms with E-state index in [0.717, 1.165) is 31.0 Å². The van der Waals surface area contributed by atoms with Crippen LogP contribution in [-0.4, -0.2) is 31.8 Å². The highest BCUT2D eigenvalue weighted by molar-refractivity contribution is 7.89. The van der Waals surface area contributed by atoms with Crippen LogP contribution >= 0.6 is 0 Å². The summed E-state index contributed by atoms with van der Waals surface area (Å²) in [6, 6.07) is 3.19. The first-order valence-electron chi connectivity index (χ1n) is 6.12. The molecule has 2 rings (SSSR count). The molecular formula is C11H14N4O5S. The zero-order chi connectivity index (χ0) is 15.6. The number of amides is 1. The van der Waals surface area contributed by atoms with E-state index in [4.69, 9.17) is 5.73 Å². The Morgan fingerprint density at radius 3 is 2.62 bits per heavy atom. The Bertz CT molecular complexity index is 684. The Hall–Kier alpha value is -2.20. The van der Waals surface area contributed by atoms with Crippen LogP contribution in [0.25, 0.3) is 0 Å². The molecule has 0 bridgehead atoms. The van der Waals surface area contributed by atoms with Crippen molar-refractivity contribution in [1.29, 1.82) is 0 Å². The average Bonchev–Trinajstić information content (AvgIpc) is 3.20. The number of carbonyl (C=O) groups is 1. The van der Waals surface area contributed by atoms with Gasteiger partial charge in [-0.15, -0.1) is 0 Å². The summed E-state index contributed by atoms with van der Waals surface area (Å²) in [6.45, 7) is -0.393. The fraction of sp³-hybridized carbons (Fsp3) is 0.364. The van der Waals surface area contributed by atoms with E-state index in [1.54, 1.807) is 0 Å². The molecule has 21 heavy (non-hydrogen) atoms. The first-order chi connectivity index (χ1) is 9.79. The maximum Gasteiger partial charge on any atom is 0.292 e. The van der Waals surface area contributed by atoms with Crippen molar-refractivity contribution in [3.63, 3.8) is 0 Å². The lowest BCUT2D eigenvalue weighted by atomic mass is 10.3. The number of benzene rings is 1. The van der Waals surface area contributed by atoms with Crippen molar-refractivity contribution in [3.8, 4) is 0 Å². The summed E-state index contributed by atoms with van der Waals surface area (Å²) in [5, 5.41) is 13.2. The number of hydrogen-bond donors (Lipinski definition) is 3. The Morgan fingerprint density at radius 1 is 1.43 bits per heavy atom. The van der Waals surface area contributed by atoms with Gasteiger partial charge >= 0.3 is 0 Å². The molecule has 0 spiro atoms. The van der Waals surface area contributed by atoms with Crippen molar-refractivity contribution in [2.75, 3.05) is 12.3 Å². The van der Waals surface area contributed by atoms with Crippen molar-refractivity contribution in [2.45, 2.75) is 23.8 Å². The number of nitro benzene ring substituents is 1. The summed E-state index contributed by atoms with van der Waals surface area (Å²) in [5.41, 5.74) is 4.80. The molecule has 0 aliphatic heterocycles. The number of hydrogen-bond acceptors (Lipinski definition) is 6. The topological polar surface area (TPSA) is 144 Å². The number of nitrogens with zero attached hydrogens (tertiary/aromatic N) is 1. The molecular weight excluding hydrogens is 300 g/mol. The van der Waals surface area contributed by atoms with Crippen LogP contribution in [0.4, 0.5) is 11.4 Å². The van der Waals surface area contributed by atoms with E-state index in [9.17, 15) is 23.3 Å². The molecule has 1 amide bonds. The second-order valence-corrected chi connectivity index (χ2v) is 6.41. The molecule has 4 N–H and O–H groups in total. The maximum atomic E-state index is 12.0. The van der Waals surface area contributed by atoms with Crippen molar-refractivity contribution >= 4 is 27.3 Å². The van der Waals surface area contributed by atoms with Gasteiger partial charge in [-0.05, 0) is 25.0 Å². The molecule has 1 aliphatic carbocycles. The molecule has 1 aromatic rings. The quantitative estimate of drug-likeness (QED) is 0.374. The summed E-state index contributed by atoms with van der Waals surface area (Å²) in [6.07, 6.45) is 1.80. The highest BCUT2D eigenvalue weighted by atomic mass is 32.2. The van der Waals surface area contributed by atoms with Crippen LogP contribution in [0, 0.1) is 10.1 Å². The van der Waals surface area contributed by atoms with Gasteiger partial charge in [0.2, 0.25) is 15.9 Å².